The van der Waals surface area contributed by atoms with Crippen LogP contribution in [0.15, 0.2) is 34.2 Å². The average Bonchev–Trinajstić information content (AvgIpc) is 2.88. The Morgan fingerprint density at radius 3 is 2.83 bits per heavy atom. The molecule has 1 aromatic heterocycles. The third-order valence-corrected chi connectivity index (χ3v) is 4.13. The van der Waals surface area contributed by atoms with Crippen LogP contribution >= 0.6 is 11.8 Å². The number of thioether (sulfide) groups is 1. The summed E-state index contributed by atoms with van der Waals surface area (Å²) >= 11 is 1.22. The molecule has 1 amide bonds. The molecule has 0 fully saturated rings. The molecule has 124 valence electrons. The molecule has 1 aromatic carbocycles. The van der Waals surface area contributed by atoms with Gasteiger partial charge >= 0.3 is 5.69 Å². The van der Waals surface area contributed by atoms with E-state index in [9.17, 15) is 14.0 Å². The number of aromatic amines is 1. The van der Waals surface area contributed by atoms with Crippen LogP contribution in [0.4, 0.5) is 4.39 Å². The van der Waals surface area contributed by atoms with Gasteiger partial charge in [-0.2, -0.15) is 0 Å². The quantitative estimate of drug-likeness (QED) is 0.716. The van der Waals surface area contributed by atoms with Gasteiger partial charge in [-0.25, -0.2) is 14.3 Å². The molecule has 0 aliphatic carbocycles. The number of nitrogens with one attached hydrogen (secondary N) is 2. The maximum atomic E-state index is 12.8. The molecule has 0 saturated carbocycles. The maximum Gasteiger partial charge on any atom is 0.343 e. The molecule has 2 aromatic rings. The predicted molar refractivity (Wildman–Crippen MR) is 87.0 cm³/mol. The van der Waals surface area contributed by atoms with E-state index in [4.69, 9.17) is 0 Å². The number of H-pyrrole nitrogens is 1. The minimum atomic E-state index is -0.272. The average molecular weight is 338 g/mol. The minimum absolute atomic E-state index is 0.129. The Balaban J connectivity index is 1.75. The van der Waals surface area contributed by atoms with Gasteiger partial charge in [-0.05, 0) is 30.5 Å². The van der Waals surface area contributed by atoms with Crippen LogP contribution in [0.5, 0.6) is 0 Å². The summed E-state index contributed by atoms with van der Waals surface area (Å²) in [6.07, 6.45) is 1.45. The van der Waals surface area contributed by atoms with Crippen molar-refractivity contribution < 1.29 is 9.18 Å². The van der Waals surface area contributed by atoms with Crippen molar-refractivity contribution in [1.82, 2.24) is 20.1 Å². The van der Waals surface area contributed by atoms with Gasteiger partial charge in [-0.1, -0.05) is 30.8 Å². The molecular formula is C15H19FN4O2S. The summed E-state index contributed by atoms with van der Waals surface area (Å²) in [6, 6.07) is 6.20. The predicted octanol–water partition coefficient (Wildman–Crippen LogP) is 1.57. The lowest BCUT2D eigenvalue weighted by Crippen LogP contribution is -2.27. The van der Waals surface area contributed by atoms with Crippen molar-refractivity contribution in [2.45, 2.75) is 31.5 Å². The number of carbonyl (C=O) groups excluding carboxylic acids is 1. The summed E-state index contributed by atoms with van der Waals surface area (Å²) in [5.74, 6) is -0.209. The lowest BCUT2D eigenvalue weighted by atomic mass is 10.1. The van der Waals surface area contributed by atoms with Gasteiger partial charge < -0.3 is 5.32 Å². The minimum Gasteiger partial charge on any atom is -0.355 e. The number of hydrogen-bond acceptors (Lipinski definition) is 4. The third kappa shape index (κ3) is 5.24. The van der Waals surface area contributed by atoms with Gasteiger partial charge in [0.1, 0.15) is 5.82 Å². The lowest BCUT2D eigenvalue weighted by Gasteiger charge is -2.06. The van der Waals surface area contributed by atoms with Gasteiger partial charge in [0.2, 0.25) is 5.91 Å². The van der Waals surface area contributed by atoms with Crippen molar-refractivity contribution in [3.63, 3.8) is 0 Å². The molecule has 8 heteroatoms. The number of hydrogen-bond donors (Lipinski definition) is 2. The van der Waals surface area contributed by atoms with Crippen LogP contribution < -0.4 is 11.0 Å². The summed E-state index contributed by atoms with van der Waals surface area (Å²) in [4.78, 5) is 23.4. The van der Waals surface area contributed by atoms with Crippen molar-refractivity contribution >= 4 is 17.7 Å². The normalized spacial score (nSPS) is 10.7. The number of halogens is 1. The number of amides is 1. The van der Waals surface area contributed by atoms with E-state index in [1.807, 2.05) is 6.92 Å². The fourth-order valence-corrected chi connectivity index (χ4v) is 2.82. The molecule has 0 atom stereocenters. The fourth-order valence-electron chi connectivity index (χ4n) is 2.01. The van der Waals surface area contributed by atoms with E-state index in [0.717, 1.165) is 12.0 Å². The molecule has 0 spiro atoms. The maximum absolute atomic E-state index is 12.8. The summed E-state index contributed by atoms with van der Waals surface area (Å²) in [5, 5.41) is 9.62. The van der Waals surface area contributed by atoms with E-state index in [1.54, 1.807) is 12.1 Å². The molecule has 2 rings (SSSR count). The zero-order chi connectivity index (χ0) is 16.7. The van der Waals surface area contributed by atoms with Crippen LogP contribution in [0.25, 0.3) is 0 Å². The summed E-state index contributed by atoms with van der Waals surface area (Å²) in [5.41, 5.74) is 0.703. The van der Waals surface area contributed by atoms with Crippen molar-refractivity contribution in [1.29, 1.82) is 0 Å². The van der Waals surface area contributed by atoms with Crippen LogP contribution in [0, 0.1) is 5.82 Å². The Kier molecular flexibility index (Phi) is 6.40. The van der Waals surface area contributed by atoms with Crippen LogP contribution in [-0.2, 0) is 17.8 Å². The van der Waals surface area contributed by atoms with Crippen LogP contribution in [0.1, 0.15) is 18.9 Å². The van der Waals surface area contributed by atoms with E-state index >= 15 is 0 Å². The SMILES string of the molecule is CCCn1c(SCC(=O)NCCc2ccc(F)cc2)n[nH]c1=O. The Bertz CT molecular complexity index is 696. The standard InChI is InChI=1S/C15H19FN4O2S/c1-2-9-20-14(22)18-19-15(20)23-10-13(21)17-8-7-11-3-5-12(16)6-4-11/h3-6H,2,7-10H2,1H3,(H,17,21)(H,18,22). The first-order valence-corrected chi connectivity index (χ1v) is 8.38. The molecule has 23 heavy (non-hydrogen) atoms. The number of rotatable bonds is 8. The zero-order valence-corrected chi connectivity index (χ0v) is 13.7. The molecule has 1 heterocycles. The van der Waals surface area contributed by atoms with Crippen LogP contribution in [0.3, 0.4) is 0 Å². The van der Waals surface area contributed by atoms with Gasteiger partial charge in [0, 0.05) is 13.1 Å². The van der Waals surface area contributed by atoms with Crippen molar-refractivity contribution in [2.24, 2.45) is 0 Å². The van der Waals surface area contributed by atoms with Crippen molar-refractivity contribution in [3.05, 3.63) is 46.1 Å². The summed E-state index contributed by atoms with van der Waals surface area (Å²) < 4.78 is 14.3. The monoisotopic (exact) mass is 338 g/mol. The fraction of sp³-hybridized carbons (Fsp3) is 0.400. The first-order valence-electron chi connectivity index (χ1n) is 7.39. The molecule has 0 bridgehead atoms. The van der Waals surface area contributed by atoms with Crippen LogP contribution in [-0.4, -0.2) is 33.0 Å². The summed E-state index contributed by atoms with van der Waals surface area (Å²) in [7, 11) is 0. The second-order valence-electron chi connectivity index (χ2n) is 4.98. The van der Waals surface area contributed by atoms with Gasteiger partial charge in [0.05, 0.1) is 5.75 Å². The second kappa shape index (κ2) is 8.52. The van der Waals surface area contributed by atoms with E-state index in [2.05, 4.69) is 15.5 Å². The Morgan fingerprint density at radius 2 is 2.13 bits per heavy atom. The van der Waals surface area contributed by atoms with Gasteiger partial charge in [-0.3, -0.25) is 9.36 Å². The van der Waals surface area contributed by atoms with Crippen molar-refractivity contribution in [2.75, 3.05) is 12.3 Å². The number of carbonyl (C=O) groups is 1. The summed E-state index contributed by atoms with van der Waals surface area (Å²) in [6.45, 7) is 3.02. The topological polar surface area (TPSA) is 79.8 Å². The number of nitrogens with zero attached hydrogens (tertiary/aromatic N) is 2. The van der Waals surface area contributed by atoms with Crippen molar-refractivity contribution in [3.8, 4) is 0 Å². The highest BCUT2D eigenvalue weighted by Crippen LogP contribution is 2.12. The zero-order valence-electron chi connectivity index (χ0n) is 12.8. The lowest BCUT2D eigenvalue weighted by molar-refractivity contribution is -0.118. The molecule has 0 radical (unpaired) electrons. The Labute approximate surface area is 137 Å². The smallest absolute Gasteiger partial charge is 0.343 e. The number of aromatic nitrogens is 3. The highest BCUT2D eigenvalue weighted by Gasteiger charge is 2.10. The Hall–Kier alpha value is -2.09. The molecule has 0 aliphatic rings. The molecule has 2 N–H and O–H groups in total. The molecule has 0 aliphatic heterocycles. The van der Waals surface area contributed by atoms with Gasteiger partial charge in [0.15, 0.2) is 5.16 Å². The first-order chi connectivity index (χ1) is 11.1. The molecule has 0 saturated heterocycles. The molecule has 6 nitrogen and oxygen atoms in total. The van der Waals surface area contributed by atoms with E-state index in [0.29, 0.717) is 24.7 Å². The van der Waals surface area contributed by atoms with Gasteiger partial charge in [0.25, 0.3) is 0 Å². The highest BCUT2D eigenvalue weighted by atomic mass is 32.2. The van der Waals surface area contributed by atoms with Crippen LogP contribution in [0.2, 0.25) is 0 Å². The van der Waals surface area contributed by atoms with E-state index in [-0.39, 0.29) is 23.2 Å². The number of benzene rings is 1. The van der Waals surface area contributed by atoms with E-state index < -0.39 is 0 Å². The largest absolute Gasteiger partial charge is 0.355 e. The molecular weight excluding hydrogens is 319 g/mol. The van der Waals surface area contributed by atoms with Gasteiger partial charge in [-0.15, -0.1) is 5.10 Å². The highest BCUT2D eigenvalue weighted by molar-refractivity contribution is 7.99. The molecule has 0 unspecified atom stereocenters. The first kappa shape index (κ1) is 17.3. The third-order valence-electron chi connectivity index (χ3n) is 3.15. The second-order valence-corrected chi connectivity index (χ2v) is 5.92. The Morgan fingerprint density at radius 1 is 1.39 bits per heavy atom. The van der Waals surface area contributed by atoms with E-state index in [1.165, 1.54) is 28.5 Å².